The van der Waals surface area contributed by atoms with Gasteiger partial charge in [0, 0.05) is 0 Å². The van der Waals surface area contributed by atoms with E-state index in [9.17, 15) is 4.79 Å². The molecule has 22 heavy (non-hydrogen) atoms. The number of rotatable bonds is 1. The minimum Gasteiger partial charge on any atom is -0.444 e. The van der Waals surface area contributed by atoms with Crippen molar-refractivity contribution >= 4 is 6.09 Å². The van der Waals surface area contributed by atoms with Crippen molar-refractivity contribution in [3.8, 4) is 0 Å². The fourth-order valence-corrected chi connectivity index (χ4v) is 4.17. The van der Waals surface area contributed by atoms with E-state index in [1.807, 2.05) is 20.8 Å². The molecule has 1 amide bonds. The highest BCUT2D eigenvalue weighted by Crippen LogP contribution is 2.48. The van der Waals surface area contributed by atoms with E-state index in [4.69, 9.17) is 4.74 Å². The van der Waals surface area contributed by atoms with Crippen LogP contribution in [0.5, 0.6) is 0 Å². The van der Waals surface area contributed by atoms with Crippen molar-refractivity contribution in [3.63, 3.8) is 0 Å². The molecule has 0 bridgehead atoms. The van der Waals surface area contributed by atoms with Crippen LogP contribution < -0.4 is 5.32 Å². The number of alkyl carbamates (subject to hydrolysis) is 1. The molecule has 0 aromatic heterocycles. The molecule has 1 aromatic rings. The molecular weight excluding hydrogens is 274 g/mol. The zero-order valence-electron chi connectivity index (χ0n) is 13.9. The zero-order chi connectivity index (χ0) is 15.8. The van der Waals surface area contributed by atoms with Gasteiger partial charge in [-0.25, -0.2) is 4.79 Å². The first kappa shape index (κ1) is 15.4. The molecule has 3 nitrogen and oxygen atoms in total. The van der Waals surface area contributed by atoms with Crippen molar-refractivity contribution < 1.29 is 9.53 Å². The Kier molecular flexibility index (Phi) is 3.92. The SMILES string of the molecule is CC(C)(C)OC(=O)N[C@]12CCCCC[C@H]1Cc1ccccc12. The number of hydrogen-bond donors (Lipinski definition) is 1. The van der Waals surface area contributed by atoms with Crippen molar-refractivity contribution in [2.75, 3.05) is 0 Å². The lowest BCUT2D eigenvalue weighted by Crippen LogP contribution is -2.50. The van der Waals surface area contributed by atoms with Gasteiger partial charge in [-0.2, -0.15) is 0 Å². The first-order valence-electron chi connectivity index (χ1n) is 8.50. The minimum absolute atomic E-state index is 0.227. The van der Waals surface area contributed by atoms with Gasteiger partial charge in [0.25, 0.3) is 0 Å². The third-order valence-corrected chi connectivity index (χ3v) is 5.01. The molecule has 0 unspecified atom stereocenters. The van der Waals surface area contributed by atoms with Crippen LogP contribution in [0.4, 0.5) is 4.79 Å². The van der Waals surface area contributed by atoms with Crippen molar-refractivity contribution in [1.29, 1.82) is 0 Å². The predicted octanol–water partition coefficient (Wildman–Crippen LogP) is 4.54. The molecule has 0 heterocycles. The van der Waals surface area contributed by atoms with Gasteiger partial charge >= 0.3 is 6.09 Å². The van der Waals surface area contributed by atoms with Crippen LogP contribution in [-0.4, -0.2) is 11.7 Å². The average Bonchev–Trinajstić information content (AvgIpc) is 2.58. The average molecular weight is 301 g/mol. The Morgan fingerprint density at radius 1 is 1.23 bits per heavy atom. The molecule has 3 heteroatoms. The summed E-state index contributed by atoms with van der Waals surface area (Å²) >= 11 is 0. The highest BCUT2D eigenvalue weighted by molar-refractivity contribution is 5.70. The van der Waals surface area contributed by atoms with E-state index in [2.05, 4.69) is 29.6 Å². The summed E-state index contributed by atoms with van der Waals surface area (Å²) in [6, 6.07) is 8.59. The third-order valence-electron chi connectivity index (χ3n) is 5.01. The molecule has 120 valence electrons. The number of carbonyl (C=O) groups excluding carboxylic acids is 1. The van der Waals surface area contributed by atoms with Gasteiger partial charge in [0.1, 0.15) is 5.60 Å². The lowest BCUT2D eigenvalue weighted by atomic mass is 9.80. The molecule has 1 aromatic carbocycles. The first-order valence-corrected chi connectivity index (χ1v) is 8.50. The Balaban J connectivity index is 1.92. The highest BCUT2D eigenvalue weighted by Gasteiger charge is 2.48. The summed E-state index contributed by atoms with van der Waals surface area (Å²) in [6.45, 7) is 5.74. The summed E-state index contributed by atoms with van der Waals surface area (Å²) in [5.41, 5.74) is 2.02. The van der Waals surface area contributed by atoms with Gasteiger partial charge in [-0.05, 0) is 57.1 Å². The van der Waals surface area contributed by atoms with Crippen LogP contribution >= 0.6 is 0 Å². The molecular formula is C19H27NO2. The third kappa shape index (κ3) is 2.86. The van der Waals surface area contributed by atoms with Crippen molar-refractivity contribution in [2.24, 2.45) is 5.92 Å². The summed E-state index contributed by atoms with van der Waals surface area (Å²) in [5, 5.41) is 3.29. The quantitative estimate of drug-likeness (QED) is 0.827. The van der Waals surface area contributed by atoms with E-state index in [0.29, 0.717) is 5.92 Å². The number of carbonyl (C=O) groups is 1. The first-order chi connectivity index (χ1) is 10.4. The Morgan fingerprint density at radius 3 is 2.77 bits per heavy atom. The predicted molar refractivity (Wildman–Crippen MR) is 87.8 cm³/mol. The van der Waals surface area contributed by atoms with Crippen LogP contribution in [0.15, 0.2) is 24.3 Å². The summed E-state index contributed by atoms with van der Waals surface area (Å²) in [7, 11) is 0. The van der Waals surface area contributed by atoms with Crippen molar-refractivity contribution in [1.82, 2.24) is 5.32 Å². The number of hydrogen-bond acceptors (Lipinski definition) is 2. The maximum Gasteiger partial charge on any atom is 0.408 e. The lowest BCUT2D eigenvalue weighted by molar-refractivity contribution is 0.0403. The van der Waals surface area contributed by atoms with Crippen LogP contribution in [0.2, 0.25) is 0 Å². The number of benzene rings is 1. The molecule has 2 atom stereocenters. The molecule has 1 saturated carbocycles. The largest absolute Gasteiger partial charge is 0.444 e. The van der Waals surface area contributed by atoms with E-state index in [1.165, 1.54) is 36.8 Å². The Hall–Kier alpha value is -1.51. The molecule has 1 fully saturated rings. The maximum absolute atomic E-state index is 12.5. The molecule has 2 aliphatic carbocycles. The molecule has 1 N–H and O–H groups in total. The Bertz CT molecular complexity index is 561. The topological polar surface area (TPSA) is 38.3 Å². The summed E-state index contributed by atoms with van der Waals surface area (Å²) in [5.74, 6) is 0.500. The molecule has 0 aliphatic heterocycles. The second-order valence-electron chi connectivity index (χ2n) is 7.76. The minimum atomic E-state index is -0.459. The second kappa shape index (κ2) is 5.60. The van der Waals surface area contributed by atoms with E-state index in [0.717, 1.165) is 12.8 Å². The molecule has 3 rings (SSSR count). The van der Waals surface area contributed by atoms with Crippen molar-refractivity contribution in [3.05, 3.63) is 35.4 Å². The van der Waals surface area contributed by atoms with Crippen molar-refractivity contribution in [2.45, 2.75) is 70.4 Å². The van der Waals surface area contributed by atoms with E-state index < -0.39 is 5.60 Å². The lowest BCUT2D eigenvalue weighted by Gasteiger charge is -2.37. The molecule has 0 radical (unpaired) electrons. The number of fused-ring (bicyclic) bond motifs is 3. The normalized spacial score (nSPS) is 27.5. The molecule has 0 saturated heterocycles. The fraction of sp³-hybridized carbons (Fsp3) is 0.632. The number of amides is 1. The molecule has 2 aliphatic rings. The smallest absolute Gasteiger partial charge is 0.408 e. The van der Waals surface area contributed by atoms with Crippen LogP contribution in [0.3, 0.4) is 0 Å². The second-order valence-corrected chi connectivity index (χ2v) is 7.76. The standard InChI is InChI=1S/C19H27NO2/c1-18(2,3)22-17(21)20-19-12-8-4-5-10-15(19)13-14-9-6-7-11-16(14)19/h6-7,9,11,15H,4-5,8,10,12-13H2,1-3H3,(H,20,21)/t15-,19+/m0/s1. The van der Waals surface area contributed by atoms with E-state index in [-0.39, 0.29) is 11.6 Å². The van der Waals surface area contributed by atoms with E-state index >= 15 is 0 Å². The van der Waals surface area contributed by atoms with Gasteiger partial charge in [0.2, 0.25) is 0 Å². The van der Waals surface area contributed by atoms with Crippen LogP contribution in [-0.2, 0) is 16.7 Å². The van der Waals surface area contributed by atoms with Crippen LogP contribution in [0.25, 0.3) is 0 Å². The summed E-state index contributed by atoms with van der Waals surface area (Å²) < 4.78 is 5.55. The number of ether oxygens (including phenoxy) is 1. The van der Waals surface area contributed by atoms with E-state index in [1.54, 1.807) is 0 Å². The van der Waals surface area contributed by atoms with Gasteiger partial charge in [-0.15, -0.1) is 0 Å². The molecule has 0 spiro atoms. The van der Waals surface area contributed by atoms with Gasteiger partial charge in [-0.3, -0.25) is 0 Å². The maximum atomic E-state index is 12.5. The monoisotopic (exact) mass is 301 g/mol. The Labute approximate surface area is 133 Å². The Morgan fingerprint density at radius 2 is 2.00 bits per heavy atom. The van der Waals surface area contributed by atoms with Gasteiger partial charge in [0.05, 0.1) is 5.54 Å². The summed E-state index contributed by atoms with van der Waals surface area (Å²) in [6.07, 6.45) is 6.69. The van der Waals surface area contributed by atoms with Crippen LogP contribution in [0.1, 0.15) is 64.0 Å². The highest BCUT2D eigenvalue weighted by atomic mass is 16.6. The summed E-state index contributed by atoms with van der Waals surface area (Å²) in [4.78, 5) is 12.5. The van der Waals surface area contributed by atoms with Gasteiger partial charge < -0.3 is 10.1 Å². The van der Waals surface area contributed by atoms with Crippen LogP contribution in [0, 0.1) is 5.92 Å². The number of nitrogens with one attached hydrogen (secondary N) is 1. The zero-order valence-corrected chi connectivity index (χ0v) is 13.9. The van der Waals surface area contributed by atoms with Gasteiger partial charge in [-0.1, -0.05) is 43.5 Å². The fourth-order valence-electron chi connectivity index (χ4n) is 4.17. The van der Waals surface area contributed by atoms with Gasteiger partial charge in [0.15, 0.2) is 0 Å².